The summed E-state index contributed by atoms with van der Waals surface area (Å²) in [6.45, 7) is 4.48. The van der Waals surface area contributed by atoms with E-state index in [1.807, 2.05) is 11.9 Å². The second kappa shape index (κ2) is 6.25. The first-order valence-corrected chi connectivity index (χ1v) is 8.04. The van der Waals surface area contributed by atoms with Gasteiger partial charge in [-0.1, -0.05) is 33.1 Å². The zero-order chi connectivity index (χ0) is 14.0. The molecule has 0 aliphatic heterocycles. The van der Waals surface area contributed by atoms with Gasteiger partial charge in [0, 0.05) is 19.1 Å². The summed E-state index contributed by atoms with van der Waals surface area (Å²) >= 11 is 0. The molecule has 5 atom stereocenters. The minimum absolute atomic E-state index is 0.0580. The zero-order valence-electron chi connectivity index (χ0n) is 12.8. The Morgan fingerprint density at radius 1 is 1.00 bits per heavy atom. The van der Waals surface area contributed by atoms with Crippen LogP contribution in [0, 0.1) is 17.8 Å². The Morgan fingerprint density at radius 3 is 2.32 bits per heavy atom. The highest BCUT2D eigenvalue weighted by Crippen LogP contribution is 2.32. The molecule has 2 fully saturated rings. The summed E-state index contributed by atoms with van der Waals surface area (Å²) in [5, 5.41) is 0. The second-order valence-electron chi connectivity index (χ2n) is 6.87. The van der Waals surface area contributed by atoms with Crippen molar-refractivity contribution in [2.45, 2.75) is 70.9 Å². The van der Waals surface area contributed by atoms with E-state index in [1.54, 1.807) is 0 Å². The molecule has 3 heteroatoms. The Hall–Kier alpha value is -0.570. The summed E-state index contributed by atoms with van der Waals surface area (Å²) in [7, 11) is 2.00. The van der Waals surface area contributed by atoms with Gasteiger partial charge < -0.3 is 10.6 Å². The van der Waals surface area contributed by atoms with Crippen molar-refractivity contribution in [2.24, 2.45) is 23.5 Å². The molecule has 0 spiro atoms. The highest BCUT2D eigenvalue weighted by atomic mass is 16.2. The van der Waals surface area contributed by atoms with Gasteiger partial charge >= 0.3 is 0 Å². The summed E-state index contributed by atoms with van der Waals surface area (Å²) in [4.78, 5) is 14.8. The molecule has 2 rings (SSSR count). The average molecular weight is 266 g/mol. The van der Waals surface area contributed by atoms with Crippen molar-refractivity contribution in [1.29, 1.82) is 0 Å². The zero-order valence-corrected chi connectivity index (χ0v) is 12.8. The van der Waals surface area contributed by atoms with Crippen LogP contribution in [-0.4, -0.2) is 29.9 Å². The lowest BCUT2D eigenvalue weighted by atomic mass is 9.77. The number of carbonyl (C=O) groups is 1. The van der Waals surface area contributed by atoms with Gasteiger partial charge in [0.2, 0.25) is 5.91 Å². The van der Waals surface area contributed by atoms with Crippen molar-refractivity contribution < 1.29 is 4.79 Å². The summed E-state index contributed by atoms with van der Waals surface area (Å²) in [5.74, 6) is 1.49. The Labute approximate surface area is 117 Å². The van der Waals surface area contributed by atoms with E-state index in [2.05, 4.69) is 13.8 Å². The molecule has 110 valence electrons. The topological polar surface area (TPSA) is 46.3 Å². The molecule has 1 amide bonds. The van der Waals surface area contributed by atoms with Crippen LogP contribution in [0.2, 0.25) is 0 Å². The van der Waals surface area contributed by atoms with Crippen molar-refractivity contribution in [3.63, 3.8) is 0 Å². The SMILES string of the molecule is CC1CCCC(C(=O)N(C)C2CCCCC2C)C1N. The number of hydrogen-bond acceptors (Lipinski definition) is 2. The van der Waals surface area contributed by atoms with Crippen molar-refractivity contribution in [1.82, 2.24) is 4.90 Å². The van der Waals surface area contributed by atoms with Gasteiger partial charge in [-0.15, -0.1) is 0 Å². The first-order chi connectivity index (χ1) is 9.02. The fourth-order valence-electron chi connectivity index (χ4n) is 4.03. The van der Waals surface area contributed by atoms with E-state index < -0.39 is 0 Å². The van der Waals surface area contributed by atoms with Crippen LogP contribution in [0.25, 0.3) is 0 Å². The lowest BCUT2D eigenvalue weighted by Gasteiger charge is -2.41. The normalized spacial score (nSPS) is 39.9. The Kier molecular flexibility index (Phi) is 4.88. The third kappa shape index (κ3) is 3.13. The molecule has 3 nitrogen and oxygen atoms in total. The third-order valence-corrected chi connectivity index (χ3v) is 5.52. The number of hydrogen-bond donors (Lipinski definition) is 1. The molecule has 2 saturated carbocycles. The molecule has 0 heterocycles. The molecule has 0 aromatic carbocycles. The fraction of sp³-hybridized carbons (Fsp3) is 0.938. The van der Waals surface area contributed by atoms with E-state index in [1.165, 1.54) is 32.1 Å². The van der Waals surface area contributed by atoms with Gasteiger partial charge in [0.15, 0.2) is 0 Å². The first-order valence-electron chi connectivity index (χ1n) is 8.04. The molecule has 5 unspecified atom stereocenters. The monoisotopic (exact) mass is 266 g/mol. The van der Waals surface area contributed by atoms with E-state index >= 15 is 0 Å². The lowest BCUT2D eigenvalue weighted by molar-refractivity contribution is -0.140. The van der Waals surface area contributed by atoms with E-state index in [4.69, 9.17) is 5.73 Å². The highest BCUT2D eigenvalue weighted by molar-refractivity contribution is 5.79. The quantitative estimate of drug-likeness (QED) is 0.835. The van der Waals surface area contributed by atoms with Crippen LogP contribution in [0.1, 0.15) is 58.8 Å². The van der Waals surface area contributed by atoms with Crippen molar-refractivity contribution in [3.05, 3.63) is 0 Å². The van der Waals surface area contributed by atoms with Crippen LogP contribution in [-0.2, 0) is 4.79 Å². The Morgan fingerprint density at radius 2 is 1.63 bits per heavy atom. The van der Waals surface area contributed by atoms with Gasteiger partial charge in [-0.05, 0) is 37.5 Å². The average Bonchev–Trinajstić information content (AvgIpc) is 2.41. The predicted molar refractivity (Wildman–Crippen MR) is 78.7 cm³/mol. The molecular formula is C16H30N2O. The minimum Gasteiger partial charge on any atom is -0.342 e. The van der Waals surface area contributed by atoms with Crippen LogP contribution in [0.15, 0.2) is 0 Å². The Balaban J connectivity index is 2.01. The van der Waals surface area contributed by atoms with Gasteiger partial charge in [-0.2, -0.15) is 0 Å². The molecule has 19 heavy (non-hydrogen) atoms. The lowest BCUT2D eigenvalue weighted by Crippen LogP contribution is -2.51. The standard InChI is InChI=1S/C16H30N2O/c1-11-7-4-5-10-14(11)18(3)16(19)13-9-6-8-12(2)15(13)17/h11-15H,4-10,17H2,1-3H3. The summed E-state index contributed by atoms with van der Waals surface area (Å²) in [5.41, 5.74) is 6.28. The first kappa shape index (κ1) is 14.8. The number of carbonyl (C=O) groups excluding carboxylic acids is 1. The van der Waals surface area contributed by atoms with Gasteiger partial charge in [-0.25, -0.2) is 0 Å². The maximum atomic E-state index is 12.7. The fourth-order valence-corrected chi connectivity index (χ4v) is 4.03. The largest absolute Gasteiger partial charge is 0.342 e. The number of nitrogens with zero attached hydrogens (tertiary/aromatic N) is 1. The number of rotatable bonds is 2. The molecule has 0 aromatic rings. The summed E-state index contributed by atoms with van der Waals surface area (Å²) in [6.07, 6.45) is 8.32. The Bertz CT molecular complexity index is 318. The molecule has 0 bridgehead atoms. The molecule has 2 aliphatic carbocycles. The van der Waals surface area contributed by atoms with Crippen LogP contribution < -0.4 is 5.73 Å². The van der Waals surface area contributed by atoms with Crippen molar-refractivity contribution >= 4 is 5.91 Å². The number of amides is 1. The molecule has 2 N–H and O–H groups in total. The smallest absolute Gasteiger partial charge is 0.227 e. The van der Waals surface area contributed by atoms with Gasteiger partial charge in [0.25, 0.3) is 0 Å². The minimum atomic E-state index is 0.0580. The van der Waals surface area contributed by atoms with Gasteiger partial charge in [-0.3, -0.25) is 4.79 Å². The molecule has 0 radical (unpaired) electrons. The van der Waals surface area contributed by atoms with Crippen molar-refractivity contribution in [2.75, 3.05) is 7.05 Å². The molecule has 0 saturated heterocycles. The molecular weight excluding hydrogens is 236 g/mol. The third-order valence-electron chi connectivity index (χ3n) is 5.52. The van der Waals surface area contributed by atoms with E-state index in [9.17, 15) is 4.79 Å². The number of nitrogens with two attached hydrogens (primary N) is 1. The van der Waals surface area contributed by atoms with E-state index in [0.29, 0.717) is 23.8 Å². The second-order valence-corrected chi connectivity index (χ2v) is 6.87. The van der Waals surface area contributed by atoms with Crippen LogP contribution in [0.4, 0.5) is 0 Å². The van der Waals surface area contributed by atoms with Gasteiger partial charge in [0.05, 0.1) is 5.92 Å². The maximum absolute atomic E-state index is 12.7. The van der Waals surface area contributed by atoms with Crippen LogP contribution in [0.3, 0.4) is 0 Å². The summed E-state index contributed by atoms with van der Waals surface area (Å²) < 4.78 is 0. The van der Waals surface area contributed by atoms with Crippen LogP contribution >= 0.6 is 0 Å². The summed E-state index contributed by atoms with van der Waals surface area (Å²) in [6, 6.07) is 0.494. The maximum Gasteiger partial charge on any atom is 0.227 e. The highest BCUT2D eigenvalue weighted by Gasteiger charge is 2.37. The molecule has 2 aliphatic rings. The predicted octanol–water partition coefficient (Wildman–Crippen LogP) is 2.79. The molecule has 0 aromatic heterocycles. The van der Waals surface area contributed by atoms with Crippen LogP contribution in [0.5, 0.6) is 0 Å². The van der Waals surface area contributed by atoms with E-state index in [-0.39, 0.29) is 12.0 Å². The van der Waals surface area contributed by atoms with E-state index in [0.717, 1.165) is 12.8 Å². The van der Waals surface area contributed by atoms with Gasteiger partial charge in [0.1, 0.15) is 0 Å². The van der Waals surface area contributed by atoms with Crippen molar-refractivity contribution in [3.8, 4) is 0 Å².